The van der Waals surface area contributed by atoms with E-state index in [1.165, 1.54) is 6.07 Å². The number of ether oxygens (including phenoxy) is 3. The molecule has 0 N–H and O–H groups in total. The summed E-state index contributed by atoms with van der Waals surface area (Å²) in [5.74, 6) is 0.435. The van der Waals surface area contributed by atoms with E-state index in [0.717, 1.165) is 11.1 Å². The van der Waals surface area contributed by atoms with Gasteiger partial charge in [-0.05, 0) is 55.7 Å². The predicted octanol–water partition coefficient (Wildman–Crippen LogP) is 7.10. The van der Waals surface area contributed by atoms with Crippen LogP contribution in [-0.4, -0.2) is 47.8 Å². The molecule has 1 saturated heterocycles. The highest BCUT2D eigenvalue weighted by Gasteiger charge is 2.27. The third-order valence-electron chi connectivity index (χ3n) is 6.81. The Bertz CT molecular complexity index is 1480. The van der Waals surface area contributed by atoms with Crippen LogP contribution in [0.25, 0.3) is 11.1 Å². The molecule has 1 fully saturated rings. The summed E-state index contributed by atoms with van der Waals surface area (Å²) in [6.45, 7) is 8.15. The molecule has 0 radical (unpaired) electrons. The van der Waals surface area contributed by atoms with Crippen molar-refractivity contribution in [2.24, 2.45) is 0 Å². The van der Waals surface area contributed by atoms with Gasteiger partial charge in [0.05, 0.1) is 5.69 Å². The minimum absolute atomic E-state index is 0.311. The third-order valence-corrected chi connectivity index (χ3v) is 6.81. The molecule has 2 heterocycles. The van der Waals surface area contributed by atoms with Gasteiger partial charge in [-0.2, -0.15) is 4.98 Å². The normalized spacial score (nSPS) is 13.5. The zero-order valence-corrected chi connectivity index (χ0v) is 24.3. The lowest BCUT2D eigenvalue weighted by molar-refractivity contribution is 0.0240. The summed E-state index contributed by atoms with van der Waals surface area (Å²) in [4.78, 5) is 20.7. The van der Waals surface area contributed by atoms with Crippen molar-refractivity contribution in [3.8, 4) is 22.9 Å². The highest BCUT2D eigenvalue weighted by Crippen LogP contribution is 2.34. The van der Waals surface area contributed by atoms with Gasteiger partial charge in [-0.3, -0.25) is 0 Å². The Labute approximate surface area is 246 Å². The molecular formula is C34H36FN3O4. The van der Waals surface area contributed by atoms with Gasteiger partial charge >= 0.3 is 6.09 Å². The number of aromatic nitrogens is 1. The fraction of sp³-hybridized carbons (Fsp3) is 0.294. The average molecular weight is 570 g/mol. The van der Waals surface area contributed by atoms with E-state index < -0.39 is 5.60 Å². The topological polar surface area (TPSA) is 64.1 Å². The second-order valence-electron chi connectivity index (χ2n) is 11.2. The van der Waals surface area contributed by atoms with Gasteiger partial charge in [0.1, 0.15) is 24.6 Å². The van der Waals surface area contributed by atoms with E-state index >= 15 is 4.39 Å². The lowest BCUT2D eigenvalue weighted by Crippen LogP contribution is -2.50. The molecule has 3 aromatic carbocycles. The Kier molecular flexibility index (Phi) is 8.91. The van der Waals surface area contributed by atoms with Crippen LogP contribution in [0.1, 0.15) is 31.9 Å². The molecular weight excluding hydrogens is 533 g/mol. The van der Waals surface area contributed by atoms with Crippen LogP contribution >= 0.6 is 0 Å². The van der Waals surface area contributed by atoms with Crippen molar-refractivity contribution in [2.45, 2.75) is 39.6 Å². The number of hydrogen-bond donors (Lipinski definition) is 0. The van der Waals surface area contributed by atoms with Gasteiger partial charge in [0, 0.05) is 37.8 Å². The summed E-state index contributed by atoms with van der Waals surface area (Å²) in [5, 5.41) is 0. The predicted molar refractivity (Wildman–Crippen MR) is 161 cm³/mol. The van der Waals surface area contributed by atoms with Crippen LogP contribution in [0.2, 0.25) is 0 Å². The van der Waals surface area contributed by atoms with Crippen molar-refractivity contribution >= 4 is 11.8 Å². The molecule has 7 nitrogen and oxygen atoms in total. The number of hydrogen-bond acceptors (Lipinski definition) is 6. The van der Waals surface area contributed by atoms with Crippen LogP contribution in [0.15, 0.2) is 91.0 Å². The molecule has 0 atom stereocenters. The average Bonchev–Trinajstić information content (AvgIpc) is 2.99. The monoisotopic (exact) mass is 569 g/mol. The van der Waals surface area contributed by atoms with Gasteiger partial charge in [-0.25, -0.2) is 9.18 Å². The number of carbonyl (C=O) groups excluding carboxylic acids is 1. The summed E-state index contributed by atoms with van der Waals surface area (Å²) >= 11 is 0. The molecule has 0 aliphatic carbocycles. The molecule has 5 rings (SSSR count). The number of anilines is 1. The van der Waals surface area contributed by atoms with Crippen molar-refractivity contribution in [3.05, 3.63) is 108 Å². The SMILES string of the molecule is CC(C)(C)OC(=O)N1CCN(c2ccc(-c3ccc(OCc4ccccc4)nc3OCc3ccccc3)cc2F)CC1. The molecule has 1 aliphatic rings. The highest BCUT2D eigenvalue weighted by molar-refractivity contribution is 5.72. The Morgan fingerprint density at radius 3 is 2.02 bits per heavy atom. The number of benzene rings is 3. The van der Waals surface area contributed by atoms with Gasteiger partial charge in [0.25, 0.3) is 0 Å². The first-order valence-corrected chi connectivity index (χ1v) is 14.1. The molecule has 0 spiro atoms. The number of halogens is 1. The first-order valence-electron chi connectivity index (χ1n) is 14.1. The largest absolute Gasteiger partial charge is 0.473 e. The van der Waals surface area contributed by atoms with Crippen LogP contribution in [0.4, 0.5) is 14.9 Å². The van der Waals surface area contributed by atoms with E-state index in [-0.39, 0.29) is 11.9 Å². The maximum Gasteiger partial charge on any atom is 0.410 e. The molecule has 1 aliphatic heterocycles. The fourth-order valence-electron chi connectivity index (χ4n) is 4.68. The van der Waals surface area contributed by atoms with E-state index in [1.54, 1.807) is 17.0 Å². The smallest absolute Gasteiger partial charge is 0.410 e. The van der Waals surface area contributed by atoms with Crippen molar-refractivity contribution in [3.63, 3.8) is 0 Å². The quantitative estimate of drug-likeness (QED) is 0.226. The van der Waals surface area contributed by atoms with Crippen molar-refractivity contribution in [2.75, 3.05) is 31.1 Å². The lowest BCUT2D eigenvalue weighted by atomic mass is 10.1. The van der Waals surface area contributed by atoms with E-state index in [2.05, 4.69) is 4.98 Å². The minimum Gasteiger partial charge on any atom is -0.473 e. The van der Waals surface area contributed by atoms with E-state index in [1.807, 2.05) is 98.5 Å². The molecule has 1 amide bonds. The van der Waals surface area contributed by atoms with E-state index in [0.29, 0.717) is 68.0 Å². The molecule has 0 saturated carbocycles. The minimum atomic E-state index is -0.555. The first kappa shape index (κ1) is 28.9. The first-order chi connectivity index (χ1) is 20.2. The summed E-state index contributed by atoms with van der Waals surface area (Å²) in [7, 11) is 0. The fourth-order valence-corrected chi connectivity index (χ4v) is 4.68. The van der Waals surface area contributed by atoms with Gasteiger partial charge in [-0.1, -0.05) is 66.7 Å². The maximum atomic E-state index is 15.5. The molecule has 0 bridgehead atoms. The summed E-state index contributed by atoms with van der Waals surface area (Å²) < 4.78 is 33.1. The number of amides is 1. The Balaban J connectivity index is 1.32. The number of pyridine rings is 1. The van der Waals surface area contributed by atoms with E-state index in [9.17, 15) is 4.79 Å². The van der Waals surface area contributed by atoms with Gasteiger partial charge in [0.15, 0.2) is 0 Å². The standard InChI is InChI=1S/C34H36FN3O4/c1-34(2,3)42-33(39)38-20-18-37(19-21-38)30-16-14-27(22-29(30)35)28-15-17-31(40-23-25-10-6-4-7-11-25)36-32(28)41-24-26-12-8-5-9-13-26/h4-17,22H,18-21,23-24H2,1-3H3. The van der Waals surface area contributed by atoms with Gasteiger partial charge < -0.3 is 24.0 Å². The number of piperazine rings is 1. The summed E-state index contributed by atoms with van der Waals surface area (Å²) in [5.41, 5.74) is 3.27. The summed E-state index contributed by atoms with van der Waals surface area (Å²) in [6, 6.07) is 28.4. The number of nitrogens with zero attached hydrogens (tertiary/aromatic N) is 3. The van der Waals surface area contributed by atoms with Crippen molar-refractivity contribution < 1.29 is 23.4 Å². The van der Waals surface area contributed by atoms with Crippen LogP contribution in [-0.2, 0) is 18.0 Å². The Hall–Kier alpha value is -4.59. The van der Waals surface area contributed by atoms with Crippen molar-refractivity contribution in [1.82, 2.24) is 9.88 Å². The molecule has 1 aromatic heterocycles. The molecule has 0 unspecified atom stereocenters. The Morgan fingerprint density at radius 2 is 1.43 bits per heavy atom. The van der Waals surface area contributed by atoms with Crippen LogP contribution in [0, 0.1) is 5.82 Å². The molecule has 218 valence electrons. The van der Waals surface area contributed by atoms with Crippen LogP contribution < -0.4 is 14.4 Å². The second kappa shape index (κ2) is 12.9. The molecule has 42 heavy (non-hydrogen) atoms. The third kappa shape index (κ3) is 7.57. The number of carbonyl (C=O) groups is 1. The molecule has 4 aromatic rings. The zero-order valence-electron chi connectivity index (χ0n) is 24.3. The van der Waals surface area contributed by atoms with Gasteiger partial charge in [-0.15, -0.1) is 0 Å². The van der Waals surface area contributed by atoms with Crippen LogP contribution in [0.5, 0.6) is 11.8 Å². The van der Waals surface area contributed by atoms with Gasteiger partial charge in [0.2, 0.25) is 11.8 Å². The van der Waals surface area contributed by atoms with E-state index in [4.69, 9.17) is 14.2 Å². The lowest BCUT2D eigenvalue weighted by Gasteiger charge is -2.36. The Morgan fingerprint density at radius 1 is 0.810 bits per heavy atom. The van der Waals surface area contributed by atoms with Crippen molar-refractivity contribution in [1.29, 1.82) is 0 Å². The second-order valence-corrected chi connectivity index (χ2v) is 11.2. The highest BCUT2D eigenvalue weighted by atomic mass is 19.1. The maximum absolute atomic E-state index is 15.5. The summed E-state index contributed by atoms with van der Waals surface area (Å²) in [6.07, 6.45) is -0.343. The zero-order chi connectivity index (χ0) is 29.5. The van der Waals surface area contributed by atoms with Crippen LogP contribution in [0.3, 0.4) is 0 Å². The number of rotatable bonds is 8. The molecule has 8 heteroatoms.